The maximum atomic E-state index is 11.7. The van der Waals surface area contributed by atoms with E-state index in [-0.39, 0.29) is 34.4 Å². The largest absolute Gasteiger partial charge is 0.508 e. The third-order valence-corrected chi connectivity index (χ3v) is 4.48. The van der Waals surface area contributed by atoms with Crippen molar-refractivity contribution >= 4 is 17.2 Å². The summed E-state index contributed by atoms with van der Waals surface area (Å²) in [5.41, 5.74) is 0.186. The predicted molar refractivity (Wildman–Crippen MR) is 120 cm³/mol. The van der Waals surface area contributed by atoms with Crippen LogP contribution in [0.2, 0.25) is 0 Å². The number of aliphatic hydroxyl groups excluding tert-OH is 1. The highest BCUT2D eigenvalue weighted by Gasteiger charge is 2.24. The number of hydrogen-bond donors (Lipinski definition) is 2. The summed E-state index contributed by atoms with van der Waals surface area (Å²) in [6.07, 6.45) is 2.79. The molecular weight excluding hydrogens is 428 g/mol. The molecule has 0 amide bonds. The molecule has 10 heteroatoms. The van der Waals surface area contributed by atoms with Crippen LogP contribution in [-0.2, 0) is 4.74 Å². The van der Waals surface area contributed by atoms with Crippen LogP contribution in [0.4, 0.5) is 5.69 Å². The summed E-state index contributed by atoms with van der Waals surface area (Å²) in [6.45, 7) is 7.07. The van der Waals surface area contributed by atoms with E-state index >= 15 is 0 Å². The first-order valence-corrected chi connectivity index (χ1v) is 9.39. The van der Waals surface area contributed by atoms with Crippen molar-refractivity contribution in [2.24, 2.45) is 0 Å². The Labute approximate surface area is 188 Å². The van der Waals surface area contributed by atoms with Gasteiger partial charge in [-0.3, -0.25) is 10.1 Å². The highest BCUT2D eigenvalue weighted by Crippen LogP contribution is 2.36. The number of allylic oxidation sites excluding steroid dienone is 3. The number of carbonyl (C=O) groups excluding carboxylic acids is 1. The quantitative estimate of drug-likeness (QED) is 0.179. The highest BCUT2D eigenvalue weighted by molar-refractivity contribution is 5.90. The number of rotatable bonds is 7. The molecule has 0 radical (unpaired) electrons. The molecule has 166 valence electrons. The second-order valence-corrected chi connectivity index (χ2v) is 6.57. The van der Waals surface area contributed by atoms with Crippen molar-refractivity contribution in [3.05, 3.63) is 95.0 Å². The number of methoxy groups -OCH3 is 1. The summed E-state index contributed by atoms with van der Waals surface area (Å²) in [7, 11) is 1.26. The first kappa shape index (κ1) is 22.8. The van der Waals surface area contributed by atoms with E-state index < -0.39 is 22.3 Å². The summed E-state index contributed by atoms with van der Waals surface area (Å²) in [6, 6.07) is 9.90. The number of phenolic OH excluding ortho intramolecular Hbond substituents is 1. The van der Waals surface area contributed by atoms with Gasteiger partial charge in [0.05, 0.1) is 23.2 Å². The molecule has 3 rings (SSSR count). The maximum Gasteiger partial charge on any atom is 0.337 e. The Balaban J connectivity index is 2.30. The third-order valence-electron chi connectivity index (χ3n) is 4.48. The number of hydrogen-bond acceptors (Lipinski definition) is 9. The summed E-state index contributed by atoms with van der Waals surface area (Å²) in [5.74, 6) is -1.50. The average Bonchev–Trinajstić information content (AvgIpc) is 2.81. The molecule has 33 heavy (non-hydrogen) atoms. The van der Waals surface area contributed by atoms with Gasteiger partial charge in [0.1, 0.15) is 17.1 Å². The lowest BCUT2D eigenvalue weighted by molar-refractivity contribution is -0.384. The standard InChI is InChI=1S/C23H18N4O6/c1-4-6-16(13(2)28)21-24-20(14-9-11-15(12-10-14)23(30)33-3)25-22(26-21)19-17(27(31)32)7-5-8-18(19)29/h4-12,28-29H,1-2H2,3H3/b16-6+. The van der Waals surface area contributed by atoms with Gasteiger partial charge >= 0.3 is 5.97 Å². The lowest BCUT2D eigenvalue weighted by Gasteiger charge is -2.11. The molecule has 2 aromatic carbocycles. The van der Waals surface area contributed by atoms with E-state index in [2.05, 4.69) is 32.8 Å². The minimum atomic E-state index is -0.672. The van der Waals surface area contributed by atoms with Crippen LogP contribution in [-0.4, -0.2) is 43.2 Å². The number of carbonyl (C=O) groups is 1. The lowest BCUT2D eigenvalue weighted by Crippen LogP contribution is -2.06. The summed E-state index contributed by atoms with van der Waals surface area (Å²) in [4.78, 5) is 35.5. The number of aromatic nitrogens is 3. The van der Waals surface area contributed by atoms with E-state index in [1.165, 1.54) is 49.6 Å². The SMILES string of the molecule is C=C/C=C(\C(=C)O)c1nc(-c2ccc(C(=O)OC)cc2)nc(-c2c(O)cccc2[N+](=O)[O-])n1. The second-order valence-electron chi connectivity index (χ2n) is 6.57. The van der Waals surface area contributed by atoms with E-state index in [1.54, 1.807) is 12.1 Å². The fraction of sp³-hybridized carbons (Fsp3) is 0.0435. The molecule has 1 aromatic heterocycles. The van der Waals surface area contributed by atoms with Gasteiger partial charge in [-0.15, -0.1) is 0 Å². The van der Waals surface area contributed by atoms with Gasteiger partial charge in [0, 0.05) is 11.6 Å². The van der Waals surface area contributed by atoms with Crippen molar-refractivity contribution in [2.75, 3.05) is 7.11 Å². The Morgan fingerprint density at radius 1 is 1.12 bits per heavy atom. The molecule has 0 aliphatic carbocycles. The van der Waals surface area contributed by atoms with Crippen LogP contribution in [0, 0.1) is 10.1 Å². The Morgan fingerprint density at radius 3 is 2.36 bits per heavy atom. The van der Waals surface area contributed by atoms with E-state index in [9.17, 15) is 25.1 Å². The average molecular weight is 446 g/mol. The fourth-order valence-electron chi connectivity index (χ4n) is 2.94. The maximum absolute atomic E-state index is 11.7. The second kappa shape index (κ2) is 9.52. The van der Waals surface area contributed by atoms with E-state index in [4.69, 9.17) is 0 Å². The molecule has 10 nitrogen and oxygen atoms in total. The van der Waals surface area contributed by atoms with Crippen LogP contribution in [0.15, 0.2) is 73.5 Å². The van der Waals surface area contributed by atoms with Gasteiger partial charge in [-0.25, -0.2) is 19.7 Å². The van der Waals surface area contributed by atoms with Gasteiger partial charge < -0.3 is 14.9 Å². The molecule has 0 unspecified atom stereocenters. The van der Waals surface area contributed by atoms with Crippen molar-refractivity contribution in [3.8, 4) is 28.5 Å². The molecule has 0 saturated carbocycles. The van der Waals surface area contributed by atoms with Crippen LogP contribution in [0.3, 0.4) is 0 Å². The highest BCUT2D eigenvalue weighted by atomic mass is 16.6. The smallest absolute Gasteiger partial charge is 0.337 e. The van der Waals surface area contributed by atoms with Gasteiger partial charge in [-0.2, -0.15) is 0 Å². The van der Waals surface area contributed by atoms with Crippen LogP contribution < -0.4 is 0 Å². The lowest BCUT2D eigenvalue weighted by atomic mass is 10.1. The van der Waals surface area contributed by atoms with Crippen LogP contribution in [0.25, 0.3) is 28.3 Å². The molecule has 0 saturated heterocycles. The summed E-state index contributed by atoms with van der Waals surface area (Å²) in [5, 5.41) is 32.0. The Bertz CT molecular complexity index is 1300. The number of nitro benzene ring substituents is 1. The zero-order valence-corrected chi connectivity index (χ0v) is 17.4. The van der Waals surface area contributed by atoms with Gasteiger partial charge in [-0.05, 0) is 24.3 Å². The molecule has 0 spiro atoms. The number of aromatic hydroxyl groups is 1. The molecule has 0 aliphatic heterocycles. The van der Waals surface area contributed by atoms with Crippen LogP contribution >= 0.6 is 0 Å². The minimum Gasteiger partial charge on any atom is -0.508 e. The van der Waals surface area contributed by atoms with Crippen molar-refractivity contribution in [1.29, 1.82) is 0 Å². The van der Waals surface area contributed by atoms with Gasteiger partial charge in [-0.1, -0.05) is 37.4 Å². The zero-order chi connectivity index (χ0) is 24.1. The van der Waals surface area contributed by atoms with E-state index in [0.717, 1.165) is 0 Å². The van der Waals surface area contributed by atoms with Crippen molar-refractivity contribution in [1.82, 2.24) is 15.0 Å². The number of ether oxygens (including phenoxy) is 1. The molecule has 0 aliphatic rings. The third kappa shape index (κ3) is 4.74. The first-order valence-electron chi connectivity index (χ1n) is 9.39. The normalized spacial score (nSPS) is 11.0. The van der Waals surface area contributed by atoms with E-state index in [1.807, 2.05) is 0 Å². The Hall–Kier alpha value is -4.86. The number of aliphatic hydroxyl groups is 1. The molecule has 3 aromatic rings. The molecular formula is C23H18N4O6. The number of nitrogens with zero attached hydrogens (tertiary/aromatic N) is 4. The van der Waals surface area contributed by atoms with E-state index in [0.29, 0.717) is 11.1 Å². The zero-order valence-electron chi connectivity index (χ0n) is 17.4. The number of nitro groups is 1. The Kier molecular flexibility index (Phi) is 6.58. The summed E-state index contributed by atoms with van der Waals surface area (Å²) >= 11 is 0. The molecule has 0 atom stereocenters. The number of esters is 1. The van der Waals surface area contributed by atoms with Crippen LogP contribution in [0.5, 0.6) is 5.75 Å². The fourth-order valence-corrected chi connectivity index (χ4v) is 2.94. The van der Waals surface area contributed by atoms with Gasteiger partial charge in [0.25, 0.3) is 5.69 Å². The number of benzene rings is 2. The Morgan fingerprint density at radius 2 is 1.79 bits per heavy atom. The van der Waals surface area contributed by atoms with Gasteiger partial charge in [0.15, 0.2) is 17.5 Å². The van der Waals surface area contributed by atoms with Crippen molar-refractivity contribution in [3.63, 3.8) is 0 Å². The predicted octanol–water partition coefficient (Wildman–Crippen LogP) is 4.25. The molecule has 0 fully saturated rings. The number of phenols is 1. The topological polar surface area (TPSA) is 149 Å². The molecule has 1 heterocycles. The first-order chi connectivity index (χ1) is 15.8. The van der Waals surface area contributed by atoms with Crippen LogP contribution in [0.1, 0.15) is 16.2 Å². The minimum absolute atomic E-state index is 0.0583. The van der Waals surface area contributed by atoms with Crippen molar-refractivity contribution < 1.29 is 24.7 Å². The van der Waals surface area contributed by atoms with Crippen molar-refractivity contribution in [2.45, 2.75) is 0 Å². The molecule has 2 N–H and O–H groups in total. The molecule has 0 bridgehead atoms. The summed E-state index contributed by atoms with van der Waals surface area (Å²) < 4.78 is 4.69. The van der Waals surface area contributed by atoms with Gasteiger partial charge in [0.2, 0.25) is 0 Å². The monoisotopic (exact) mass is 446 g/mol.